The van der Waals surface area contributed by atoms with Gasteiger partial charge in [-0.15, -0.1) is 11.3 Å². The molecule has 0 radical (unpaired) electrons. The minimum Gasteiger partial charge on any atom is -0.493 e. The van der Waals surface area contributed by atoms with Crippen molar-refractivity contribution in [2.24, 2.45) is 0 Å². The molecule has 0 unspecified atom stereocenters. The summed E-state index contributed by atoms with van der Waals surface area (Å²) in [6.07, 6.45) is 2.11. The van der Waals surface area contributed by atoms with E-state index in [9.17, 15) is 4.79 Å². The van der Waals surface area contributed by atoms with Crippen LogP contribution in [-0.4, -0.2) is 31.2 Å². The lowest BCUT2D eigenvalue weighted by Crippen LogP contribution is -2.27. The van der Waals surface area contributed by atoms with Crippen LogP contribution in [0.4, 0.5) is 0 Å². The number of hydrogen-bond acceptors (Lipinski definition) is 5. The highest BCUT2D eigenvalue weighted by Gasteiger charge is 2.06. The zero-order chi connectivity index (χ0) is 18.2. The van der Waals surface area contributed by atoms with E-state index in [0.29, 0.717) is 31.1 Å². The Kier molecular flexibility index (Phi) is 6.44. The van der Waals surface area contributed by atoms with Crippen molar-refractivity contribution in [3.63, 3.8) is 0 Å². The Morgan fingerprint density at radius 2 is 1.88 bits per heavy atom. The van der Waals surface area contributed by atoms with E-state index in [4.69, 9.17) is 9.47 Å². The van der Waals surface area contributed by atoms with Gasteiger partial charge in [-0.05, 0) is 37.1 Å². The maximum absolute atomic E-state index is 11.9. The molecule has 5 nitrogen and oxygen atoms in total. The number of amides is 1. The second kappa shape index (κ2) is 9.20. The summed E-state index contributed by atoms with van der Waals surface area (Å²) in [7, 11) is 1.61. The predicted molar refractivity (Wildman–Crippen MR) is 104 cm³/mol. The molecule has 1 N–H and O–H groups in total. The van der Waals surface area contributed by atoms with Crippen molar-refractivity contribution >= 4 is 27.5 Å². The largest absolute Gasteiger partial charge is 0.493 e. The standard InChI is InChI=1S/C20H22N2O3S/c1-24-16-8-3-4-9-17(16)25-14-13-21-19(23)11-6-12-20-22-15-7-2-5-10-18(15)26-20/h2-5,7-10H,6,11-14H2,1H3,(H,21,23). The van der Waals surface area contributed by atoms with E-state index in [1.165, 1.54) is 4.70 Å². The van der Waals surface area contributed by atoms with Crippen LogP contribution >= 0.6 is 11.3 Å². The molecule has 26 heavy (non-hydrogen) atoms. The molecule has 136 valence electrons. The number of hydrogen-bond donors (Lipinski definition) is 1. The number of carbonyl (C=O) groups excluding carboxylic acids is 1. The SMILES string of the molecule is COc1ccccc1OCCNC(=O)CCCc1nc2ccccc2s1. The van der Waals surface area contributed by atoms with Gasteiger partial charge in [-0.2, -0.15) is 0 Å². The number of aromatic nitrogens is 1. The lowest BCUT2D eigenvalue weighted by atomic mass is 10.2. The van der Waals surface area contributed by atoms with Gasteiger partial charge in [0.25, 0.3) is 0 Å². The van der Waals surface area contributed by atoms with Crippen molar-refractivity contribution in [2.75, 3.05) is 20.3 Å². The molecule has 0 saturated heterocycles. The normalized spacial score (nSPS) is 10.7. The summed E-state index contributed by atoms with van der Waals surface area (Å²) >= 11 is 1.70. The minimum absolute atomic E-state index is 0.0368. The molecule has 1 amide bonds. The molecule has 1 heterocycles. The average molecular weight is 370 g/mol. The summed E-state index contributed by atoms with van der Waals surface area (Å²) < 4.78 is 12.1. The Labute approximate surface area is 157 Å². The molecular weight excluding hydrogens is 348 g/mol. The number of nitrogens with zero attached hydrogens (tertiary/aromatic N) is 1. The summed E-state index contributed by atoms with van der Waals surface area (Å²) in [5, 5.41) is 3.96. The van der Waals surface area contributed by atoms with Crippen LogP contribution in [0.25, 0.3) is 10.2 Å². The first-order valence-corrected chi connectivity index (χ1v) is 9.45. The maximum atomic E-state index is 11.9. The highest BCUT2D eigenvalue weighted by atomic mass is 32.1. The van der Waals surface area contributed by atoms with Gasteiger partial charge in [-0.25, -0.2) is 4.98 Å². The molecule has 3 aromatic rings. The van der Waals surface area contributed by atoms with Crippen LogP contribution in [0.2, 0.25) is 0 Å². The minimum atomic E-state index is 0.0368. The molecule has 2 aromatic carbocycles. The van der Waals surface area contributed by atoms with E-state index < -0.39 is 0 Å². The number of thiazole rings is 1. The average Bonchev–Trinajstić information content (AvgIpc) is 3.08. The number of rotatable bonds is 9. The number of nitrogens with one attached hydrogen (secondary N) is 1. The van der Waals surface area contributed by atoms with Crippen LogP contribution in [0.1, 0.15) is 17.8 Å². The number of fused-ring (bicyclic) bond motifs is 1. The fraction of sp³-hybridized carbons (Fsp3) is 0.300. The molecule has 0 aliphatic carbocycles. The Morgan fingerprint density at radius 1 is 1.12 bits per heavy atom. The van der Waals surface area contributed by atoms with E-state index >= 15 is 0 Å². The third-order valence-corrected chi connectivity index (χ3v) is 4.98. The maximum Gasteiger partial charge on any atom is 0.220 e. The van der Waals surface area contributed by atoms with Crippen molar-refractivity contribution in [1.82, 2.24) is 10.3 Å². The molecule has 0 saturated carbocycles. The van der Waals surface area contributed by atoms with E-state index in [1.54, 1.807) is 18.4 Å². The van der Waals surface area contributed by atoms with Crippen LogP contribution in [-0.2, 0) is 11.2 Å². The Bertz CT molecular complexity index is 830. The fourth-order valence-corrected chi connectivity index (χ4v) is 3.61. The molecule has 0 aliphatic heterocycles. The van der Waals surface area contributed by atoms with E-state index in [2.05, 4.69) is 16.4 Å². The van der Waals surface area contributed by atoms with E-state index in [-0.39, 0.29) is 5.91 Å². The van der Waals surface area contributed by atoms with Gasteiger partial charge >= 0.3 is 0 Å². The molecule has 0 spiro atoms. The summed E-state index contributed by atoms with van der Waals surface area (Å²) in [5.74, 6) is 1.41. The molecule has 1 aromatic heterocycles. The van der Waals surface area contributed by atoms with Crippen LogP contribution in [0.5, 0.6) is 11.5 Å². The van der Waals surface area contributed by atoms with Crippen molar-refractivity contribution < 1.29 is 14.3 Å². The van der Waals surface area contributed by atoms with Crippen LogP contribution in [0, 0.1) is 0 Å². The third-order valence-electron chi connectivity index (χ3n) is 3.88. The highest BCUT2D eigenvalue weighted by Crippen LogP contribution is 2.25. The summed E-state index contributed by atoms with van der Waals surface area (Å²) in [6, 6.07) is 15.6. The fourth-order valence-electron chi connectivity index (χ4n) is 2.60. The lowest BCUT2D eigenvalue weighted by Gasteiger charge is -2.10. The zero-order valence-electron chi connectivity index (χ0n) is 14.7. The first-order valence-electron chi connectivity index (χ1n) is 8.63. The molecule has 3 rings (SSSR count). The van der Waals surface area contributed by atoms with Crippen LogP contribution < -0.4 is 14.8 Å². The first kappa shape index (κ1) is 18.2. The van der Waals surface area contributed by atoms with Gasteiger partial charge in [0.2, 0.25) is 5.91 Å². The van der Waals surface area contributed by atoms with Gasteiger partial charge in [-0.1, -0.05) is 24.3 Å². The molecule has 0 atom stereocenters. The van der Waals surface area contributed by atoms with Gasteiger partial charge in [-0.3, -0.25) is 4.79 Å². The Balaban J connectivity index is 1.34. The lowest BCUT2D eigenvalue weighted by molar-refractivity contribution is -0.121. The molecule has 0 fully saturated rings. The monoisotopic (exact) mass is 370 g/mol. The zero-order valence-corrected chi connectivity index (χ0v) is 15.6. The summed E-state index contributed by atoms with van der Waals surface area (Å²) in [4.78, 5) is 16.5. The number of aryl methyl sites for hydroxylation is 1. The van der Waals surface area contributed by atoms with Gasteiger partial charge < -0.3 is 14.8 Å². The van der Waals surface area contributed by atoms with Crippen molar-refractivity contribution in [2.45, 2.75) is 19.3 Å². The molecule has 0 aliphatic rings. The Morgan fingerprint density at radius 3 is 2.69 bits per heavy atom. The van der Waals surface area contributed by atoms with Gasteiger partial charge in [0, 0.05) is 6.42 Å². The smallest absolute Gasteiger partial charge is 0.220 e. The molecule has 0 bridgehead atoms. The highest BCUT2D eigenvalue weighted by molar-refractivity contribution is 7.18. The second-order valence-corrected chi connectivity index (χ2v) is 6.89. The van der Waals surface area contributed by atoms with Crippen LogP contribution in [0.15, 0.2) is 48.5 Å². The third kappa shape index (κ3) is 4.95. The van der Waals surface area contributed by atoms with Gasteiger partial charge in [0.15, 0.2) is 11.5 Å². The van der Waals surface area contributed by atoms with Crippen molar-refractivity contribution in [1.29, 1.82) is 0 Å². The van der Waals surface area contributed by atoms with E-state index in [0.717, 1.165) is 23.4 Å². The number of carbonyl (C=O) groups is 1. The summed E-state index contributed by atoms with van der Waals surface area (Å²) in [5.41, 5.74) is 1.03. The van der Waals surface area contributed by atoms with Crippen molar-refractivity contribution in [3.05, 3.63) is 53.5 Å². The first-order chi connectivity index (χ1) is 12.8. The molecular formula is C20H22N2O3S. The van der Waals surface area contributed by atoms with Crippen LogP contribution in [0.3, 0.4) is 0 Å². The van der Waals surface area contributed by atoms with Gasteiger partial charge in [0.1, 0.15) is 6.61 Å². The predicted octanol–water partition coefficient (Wildman–Crippen LogP) is 3.82. The quantitative estimate of drug-likeness (QED) is 0.582. The number of benzene rings is 2. The van der Waals surface area contributed by atoms with Gasteiger partial charge in [0.05, 0.1) is 28.9 Å². The Hall–Kier alpha value is -2.60. The second-order valence-electron chi connectivity index (χ2n) is 5.78. The summed E-state index contributed by atoms with van der Waals surface area (Å²) in [6.45, 7) is 0.877. The van der Waals surface area contributed by atoms with E-state index in [1.807, 2.05) is 42.5 Å². The number of ether oxygens (including phenoxy) is 2. The molecule has 6 heteroatoms. The topological polar surface area (TPSA) is 60.5 Å². The van der Waals surface area contributed by atoms with Crippen molar-refractivity contribution in [3.8, 4) is 11.5 Å². The number of methoxy groups -OCH3 is 1. The number of para-hydroxylation sites is 3.